The summed E-state index contributed by atoms with van der Waals surface area (Å²) in [6.45, 7) is 2.89. The highest BCUT2D eigenvalue weighted by molar-refractivity contribution is 6.02. The summed E-state index contributed by atoms with van der Waals surface area (Å²) in [6, 6.07) is 4.85. The van der Waals surface area contributed by atoms with Crippen LogP contribution >= 0.6 is 0 Å². The molecule has 3 rings (SSSR count). The van der Waals surface area contributed by atoms with Crippen LogP contribution in [0, 0.1) is 0 Å². The van der Waals surface area contributed by atoms with Crippen molar-refractivity contribution in [1.29, 1.82) is 0 Å². The Bertz CT molecular complexity index is 587. The minimum Gasteiger partial charge on any atom is -0.478 e. The first-order valence-electron chi connectivity index (χ1n) is 7.01. The maximum atomic E-state index is 12.2. The molecule has 2 aliphatic rings. The van der Waals surface area contributed by atoms with Crippen LogP contribution in [0.25, 0.3) is 0 Å². The van der Waals surface area contributed by atoms with Gasteiger partial charge in [0.25, 0.3) is 0 Å². The van der Waals surface area contributed by atoms with E-state index < -0.39 is 5.97 Å². The van der Waals surface area contributed by atoms with Crippen LogP contribution in [-0.2, 0) is 16.0 Å². The summed E-state index contributed by atoms with van der Waals surface area (Å²) in [6.07, 6.45) is 0.261. The zero-order valence-corrected chi connectivity index (χ0v) is 11.9. The molecule has 1 aromatic rings. The lowest BCUT2D eigenvalue weighted by Crippen LogP contribution is -2.46. The molecule has 0 spiro atoms. The van der Waals surface area contributed by atoms with Crippen molar-refractivity contribution in [2.75, 3.05) is 38.2 Å². The summed E-state index contributed by atoms with van der Waals surface area (Å²) in [5.74, 6) is -0.967. The highest BCUT2D eigenvalue weighted by Gasteiger charge is 2.31. The molecule has 1 N–H and O–H groups in total. The van der Waals surface area contributed by atoms with Gasteiger partial charge in [-0.1, -0.05) is 0 Å². The molecule has 1 atom stereocenters. The van der Waals surface area contributed by atoms with Crippen molar-refractivity contribution in [3.63, 3.8) is 0 Å². The van der Waals surface area contributed by atoms with Gasteiger partial charge in [0.15, 0.2) is 0 Å². The topological polar surface area (TPSA) is 70.1 Å². The van der Waals surface area contributed by atoms with E-state index in [1.807, 2.05) is 7.05 Å². The lowest BCUT2D eigenvalue weighted by atomic mass is 10.1. The third-order valence-corrected chi connectivity index (χ3v) is 3.99. The van der Waals surface area contributed by atoms with Crippen molar-refractivity contribution in [3.05, 3.63) is 29.3 Å². The van der Waals surface area contributed by atoms with Crippen LogP contribution in [0.5, 0.6) is 0 Å². The number of carbonyl (C=O) groups excluding carboxylic acids is 1. The Hall–Kier alpha value is -1.92. The predicted octanol–water partition coefficient (Wildman–Crippen LogP) is 0.605. The predicted molar refractivity (Wildman–Crippen MR) is 76.7 cm³/mol. The van der Waals surface area contributed by atoms with Gasteiger partial charge in [0.1, 0.15) is 0 Å². The second kappa shape index (κ2) is 5.46. The van der Waals surface area contributed by atoms with Gasteiger partial charge in [0.2, 0.25) is 5.91 Å². The van der Waals surface area contributed by atoms with Crippen LogP contribution in [0.4, 0.5) is 5.69 Å². The molecule has 0 saturated carbocycles. The minimum absolute atomic E-state index is 0.00204. The Labute approximate surface area is 122 Å². The summed E-state index contributed by atoms with van der Waals surface area (Å²) in [5, 5.41) is 9.01. The highest BCUT2D eigenvalue weighted by atomic mass is 16.5. The fourth-order valence-corrected chi connectivity index (χ4v) is 2.90. The van der Waals surface area contributed by atoms with E-state index in [0.717, 1.165) is 24.3 Å². The molecule has 112 valence electrons. The molecule has 6 nitrogen and oxygen atoms in total. The Balaban J connectivity index is 1.79. The summed E-state index contributed by atoms with van der Waals surface area (Å²) in [5.41, 5.74) is 1.81. The first-order chi connectivity index (χ1) is 10.0. The minimum atomic E-state index is -0.971. The number of nitrogens with zero attached hydrogens (tertiary/aromatic N) is 2. The third kappa shape index (κ3) is 2.77. The van der Waals surface area contributed by atoms with Crippen LogP contribution < -0.4 is 4.90 Å². The number of ether oxygens (including phenoxy) is 1. The Kier molecular flexibility index (Phi) is 3.65. The molecule has 2 aliphatic heterocycles. The zero-order valence-electron chi connectivity index (χ0n) is 11.9. The van der Waals surface area contributed by atoms with Gasteiger partial charge >= 0.3 is 5.97 Å². The van der Waals surface area contributed by atoms with Crippen LogP contribution in [0.3, 0.4) is 0 Å². The second-order valence-corrected chi connectivity index (χ2v) is 5.58. The first-order valence-corrected chi connectivity index (χ1v) is 7.01. The molecular formula is C15H18N2O4. The molecule has 0 aliphatic carbocycles. The van der Waals surface area contributed by atoms with E-state index in [9.17, 15) is 9.59 Å². The smallest absolute Gasteiger partial charge is 0.335 e. The maximum absolute atomic E-state index is 12.2. The molecule has 1 saturated heterocycles. The van der Waals surface area contributed by atoms with Crippen molar-refractivity contribution < 1.29 is 19.4 Å². The molecular weight excluding hydrogens is 272 g/mol. The van der Waals surface area contributed by atoms with Gasteiger partial charge < -0.3 is 19.6 Å². The average molecular weight is 290 g/mol. The van der Waals surface area contributed by atoms with Crippen molar-refractivity contribution in [3.8, 4) is 0 Å². The monoisotopic (exact) mass is 290 g/mol. The maximum Gasteiger partial charge on any atom is 0.335 e. The largest absolute Gasteiger partial charge is 0.478 e. The van der Waals surface area contributed by atoms with Gasteiger partial charge in [-0.2, -0.15) is 0 Å². The Morgan fingerprint density at radius 1 is 1.48 bits per heavy atom. The van der Waals surface area contributed by atoms with E-state index >= 15 is 0 Å². The number of hydrogen-bond donors (Lipinski definition) is 1. The van der Waals surface area contributed by atoms with Gasteiger partial charge in [0, 0.05) is 18.8 Å². The number of hydrogen-bond acceptors (Lipinski definition) is 4. The van der Waals surface area contributed by atoms with E-state index in [0.29, 0.717) is 13.2 Å². The molecule has 1 amide bonds. The molecule has 0 bridgehead atoms. The molecule has 21 heavy (non-hydrogen) atoms. The highest BCUT2D eigenvalue weighted by Crippen LogP contribution is 2.30. The SMILES string of the molecule is CN1CCOC(CN2C(=O)Cc3cc(C(=O)O)ccc32)C1. The molecule has 0 radical (unpaired) electrons. The molecule has 1 aromatic carbocycles. The normalized spacial score (nSPS) is 22.4. The second-order valence-electron chi connectivity index (χ2n) is 5.58. The summed E-state index contributed by atoms with van der Waals surface area (Å²) < 4.78 is 5.71. The van der Waals surface area contributed by atoms with E-state index in [4.69, 9.17) is 9.84 Å². The summed E-state index contributed by atoms with van der Waals surface area (Å²) in [7, 11) is 2.04. The standard InChI is InChI=1S/C15H18N2O4/c1-16-4-5-21-12(8-16)9-17-13-3-2-10(15(19)20)6-11(13)7-14(17)18/h2-3,6,12H,4-5,7-9H2,1H3,(H,19,20). The van der Waals surface area contributed by atoms with Crippen molar-refractivity contribution in [1.82, 2.24) is 4.90 Å². The Morgan fingerprint density at radius 3 is 3.00 bits per heavy atom. The number of rotatable bonds is 3. The molecule has 0 aromatic heterocycles. The Morgan fingerprint density at radius 2 is 2.29 bits per heavy atom. The molecule has 2 heterocycles. The lowest BCUT2D eigenvalue weighted by Gasteiger charge is -2.32. The van der Waals surface area contributed by atoms with Gasteiger partial charge in [-0.05, 0) is 30.8 Å². The van der Waals surface area contributed by atoms with Crippen molar-refractivity contribution in [2.24, 2.45) is 0 Å². The average Bonchev–Trinajstić information content (AvgIpc) is 2.74. The first kappa shape index (κ1) is 14.0. The number of fused-ring (bicyclic) bond motifs is 1. The van der Waals surface area contributed by atoms with Crippen LogP contribution in [-0.4, -0.2) is 61.3 Å². The summed E-state index contributed by atoms with van der Waals surface area (Å²) in [4.78, 5) is 27.1. The number of likely N-dealkylation sites (N-methyl/N-ethyl adjacent to an activating group) is 1. The zero-order chi connectivity index (χ0) is 15.0. The van der Waals surface area contributed by atoms with Crippen LogP contribution in [0.15, 0.2) is 18.2 Å². The van der Waals surface area contributed by atoms with Gasteiger partial charge in [-0.15, -0.1) is 0 Å². The van der Waals surface area contributed by atoms with Crippen molar-refractivity contribution in [2.45, 2.75) is 12.5 Å². The van der Waals surface area contributed by atoms with Gasteiger partial charge in [0.05, 0.1) is 31.2 Å². The number of morpholine rings is 1. The van der Waals surface area contributed by atoms with Gasteiger partial charge in [-0.3, -0.25) is 4.79 Å². The van der Waals surface area contributed by atoms with Crippen LogP contribution in [0.1, 0.15) is 15.9 Å². The molecule has 1 fully saturated rings. The van der Waals surface area contributed by atoms with Crippen molar-refractivity contribution >= 4 is 17.6 Å². The quantitative estimate of drug-likeness (QED) is 0.883. The molecule has 1 unspecified atom stereocenters. The van der Waals surface area contributed by atoms with E-state index in [1.165, 1.54) is 0 Å². The fourth-order valence-electron chi connectivity index (χ4n) is 2.90. The number of benzene rings is 1. The number of aromatic carboxylic acids is 1. The summed E-state index contributed by atoms with van der Waals surface area (Å²) >= 11 is 0. The van der Waals surface area contributed by atoms with E-state index in [1.54, 1.807) is 23.1 Å². The number of carboxylic acids is 1. The number of amides is 1. The molecule has 6 heteroatoms. The lowest BCUT2D eigenvalue weighted by molar-refractivity contribution is -0.118. The van der Waals surface area contributed by atoms with E-state index in [-0.39, 0.29) is 24.0 Å². The van der Waals surface area contributed by atoms with E-state index in [2.05, 4.69) is 4.90 Å². The fraction of sp³-hybridized carbons (Fsp3) is 0.467. The van der Waals surface area contributed by atoms with Gasteiger partial charge in [-0.25, -0.2) is 4.79 Å². The number of anilines is 1. The number of carbonyl (C=O) groups is 2. The number of carboxylic acid groups (broad SMARTS) is 1. The van der Waals surface area contributed by atoms with Crippen LogP contribution in [0.2, 0.25) is 0 Å². The third-order valence-electron chi connectivity index (χ3n) is 3.99.